The van der Waals surface area contributed by atoms with Gasteiger partial charge in [0.1, 0.15) is 0 Å². The lowest BCUT2D eigenvalue weighted by molar-refractivity contribution is 0.198. The van der Waals surface area contributed by atoms with E-state index in [1.165, 1.54) is 5.70 Å². The van der Waals surface area contributed by atoms with Gasteiger partial charge < -0.3 is 9.80 Å². The molecule has 15 heavy (non-hydrogen) atoms. The van der Waals surface area contributed by atoms with Gasteiger partial charge in [0, 0.05) is 32.9 Å². The van der Waals surface area contributed by atoms with Crippen LogP contribution in [0.3, 0.4) is 0 Å². The molecule has 0 unspecified atom stereocenters. The summed E-state index contributed by atoms with van der Waals surface area (Å²) in [5, 5.41) is 0. The van der Waals surface area contributed by atoms with Crippen LogP contribution in [0.5, 0.6) is 0 Å². The van der Waals surface area contributed by atoms with E-state index in [0.29, 0.717) is 5.41 Å². The second kappa shape index (κ2) is 6.16. The lowest BCUT2D eigenvalue weighted by Gasteiger charge is -2.29. The van der Waals surface area contributed by atoms with Crippen molar-refractivity contribution in [1.82, 2.24) is 9.80 Å². The number of nitrogens with zero attached hydrogens (tertiary/aromatic N) is 2. The fourth-order valence-corrected chi connectivity index (χ4v) is 1.53. The molecular weight excluding hydrogens is 184 g/mol. The summed E-state index contributed by atoms with van der Waals surface area (Å²) in [4.78, 5) is 4.60. The standard InChI is InChI=1S/C13H28N2/c1-8-15(11-13(3,4)5)10-9-12(2)14(6)7/h2,8-11H2,1,3-7H3. The van der Waals surface area contributed by atoms with E-state index in [4.69, 9.17) is 0 Å². The summed E-state index contributed by atoms with van der Waals surface area (Å²) in [5.41, 5.74) is 1.59. The molecule has 2 nitrogen and oxygen atoms in total. The maximum atomic E-state index is 4.06. The zero-order valence-corrected chi connectivity index (χ0v) is 11.4. The van der Waals surface area contributed by atoms with Crippen LogP contribution < -0.4 is 0 Å². The molecule has 0 fully saturated rings. The SMILES string of the molecule is C=C(CCN(CC)CC(C)(C)C)N(C)C. The van der Waals surface area contributed by atoms with Crippen molar-refractivity contribution in [3.05, 3.63) is 12.3 Å². The van der Waals surface area contributed by atoms with Crippen LogP contribution in [0.2, 0.25) is 0 Å². The minimum absolute atomic E-state index is 0.384. The van der Waals surface area contributed by atoms with E-state index in [-0.39, 0.29) is 0 Å². The fraction of sp³-hybridized carbons (Fsp3) is 0.846. The maximum Gasteiger partial charge on any atom is 0.00673 e. The van der Waals surface area contributed by atoms with Crippen LogP contribution in [0.25, 0.3) is 0 Å². The summed E-state index contributed by atoms with van der Waals surface area (Å²) in [5.74, 6) is 0. The molecule has 0 N–H and O–H groups in total. The van der Waals surface area contributed by atoms with Gasteiger partial charge in [-0.2, -0.15) is 0 Å². The predicted molar refractivity (Wildman–Crippen MR) is 69.0 cm³/mol. The number of hydrogen-bond acceptors (Lipinski definition) is 2. The van der Waals surface area contributed by atoms with E-state index in [9.17, 15) is 0 Å². The summed E-state index contributed by atoms with van der Waals surface area (Å²) >= 11 is 0. The van der Waals surface area contributed by atoms with E-state index >= 15 is 0 Å². The van der Waals surface area contributed by atoms with E-state index in [0.717, 1.165) is 26.1 Å². The molecule has 90 valence electrons. The van der Waals surface area contributed by atoms with E-state index < -0.39 is 0 Å². The van der Waals surface area contributed by atoms with Crippen molar-refractivity contribution in [1.29, 1.82) is 0 Å². The Morgan fingerprint density at radius 1 is 1.20 bits per heavy atom. The third-order valence-corrected chi connectivity index (χ3v) is 2.49. The molecule has 2 heteroatoms. The average molecular weight is 212 g/mol. The molecule has 0 spiro atoms. The van der Waals surface area contributed by atoms with Gasteiger partial charge in [0.05, 0.1) is 0 Å². The van der Waals surface area contributed by atoms with Crippen LogP contribution in [0, 0.1) is 5.41 Å². The van der Waals surface area contributed by atoms with E-state index in [1.807, 2.05) is 0 Å². The average Bonchev–Trinajstić information content (AvgIpc) is 2.09. The summed E-state index contributed by atoms with van der Waals surface area (Å²) in [6.07, 6.45) is 1.07. The number of rotatable bonds is 6. The molecular formula is C13H28N2. The van der Waals surface area contributed by atoms with Gasteiger partial charge in [-0.15, -0.1) is 0 Å². The third kappa shape index (κ3) is 7.43. The van der Waals surface area contributed by atoms with Gasteiger partial charge >= 0.3 is 0 Å². The van der Waals surface area contributed by atoms with Crippen molar-refractivity contribution in [3.8, 4) is 0 Å². The molecule has 0 aliphatic rings. The molecule has 0 aromatic carbocycles. The molecule has 0 saturated carbocycles. The normalized spacial score (nSPS) is 11.9. The molecule has 0 aliphatic carbocycles. The first-order chi connectivity index (χ1) is 6.76. The Kier molecular flexibility index (Phi) is 5.96. The van der Waals surface area contributed by atoms with Gasteiger partial charge in [-0.05, 0) is 18.4 Å². The molecule has 0 rings (SSSR count). The largest absolute Gasteiger partial charge is 0.381 e. The van der Waals surface area contributed by atoms with Gasteiger partial charge in [-0.1, -0.05) is 34.3 Å². The van der Waals surface area contributed by atoms with Gasteiger partial charge in [-0.25, -0.2) is 0 Å². The Morgan fingerprint density at radius 2 is 1.73 bits per heavy atom. The first-order valence-electron chi connectivity index (χ1n) is 5.83. The monoisotopic (exact) mass is 212 g/mol. The highest BCUT2D eigenvalue weighted by Crippen LogP contribution is 2.15. The van der Waals surface area contributed by atoms with E-state index in [1.54, 1.807) is 0 Å². The molecule has 0 aromatic rings. The zero-order valence-electron chi connectivity index (χ0n) is 11.4. The quantitative estimate of drug-likeness (QED) is 0.668. The molecule has 0 amide bonds. The molecule has 0 bridgehead atoms. The highest BCUT2D eigenvalue weighted by atomic mass is 15.1. The van der Waals surface area contributed by atoms with Gasteiger partial charge in [0.2, 0.25) is 0 Å². The summed E-state index contributed by atoms with van der Waals surface area (Å²) in [6, 6.07) is 0. The third-order valence-electron chi connectivity index (χ3n) is 2.49. The minimum atomic E-state index is 0.384. The first kappa shape index (κ1) is 14.5. The molecule has 0 aromatic heterocycles. The molecule has 0 aliphatic heterocycles. The van der Waals surface area contributed by atoms with Crippen LogP contribution in [-0.2, 0) is 0 Å². The van der Waals surface area contributed by atoms with Crippen molar-refractivity contribution in [2.45, 2.75) is 34.1 Å². The van der Waals surface area contributed by atoms with Crippen molar-refractivity contribution in [3.63, 3.8) is 0 Å². The predicted octanol–water partition coefficient (Wildman–Crippen LogP) is 2.82. The second-order valence-corrected chi connectivity index (χ2v) is 5.64. The van der Waals surface area contributed by atoms with Crippen molar-refractivity contribution >= 4 is 0 Å². The Labute approximate surface area is 95.9 Å². The first-order valence-corrected chi connectivity index (χ1v) is 5.83. The van der Waals surface area contributed by atoms with Gasteiger partial charge in [-0.3, -0.25) is 0 Å². The van der Waals surface area contributed by atoms with Crippen LogP contribution >= 0.6 is 0 Å². The molecule has 0 heterocycles. The topological polar surface area (TPSA) is 6.48 Å². The van der Waals surface area contributed by atoms with Gasteiger partial charge in [0.25, 0.3) is 0 Å². The Morgan fingerprint density at radius 3 is 2.07 bits per heavy atom. The highest BCUT2D eigenvalue weighted by molar-refractivity contribution is 4.91. The lowest BCUT2D eigenvalue weighted by atomic mass is 9.96. The van der Waals surface area contributed by atoms with Crippen LogP contribution in [-0.4, -0.2) is 43.5 Å². The molecule has 0 saturated heterocycles. The summed E-state index contributed by atoms with van der Waals surface area (Å²) in [6.45, 7) is 16.5. The Bertz CT molecular complexity index is 189. The van der Waals surface area contributed by atoms with Crippen LogP contribution in [0.1, 0.15) is 34.1 Å². The molecule has 0 radical (unpaired) electrons. The smallest absolute Gasteiger partial charge is 0.00673 e. The Balaban J connectivity index is 3.96. The van der Waals surface area contributed by atoms with Crippen molar-refractivity contribution < 1.29 is 0 Å². The lowest BCUT2D eigenvalue weighted by Crippen LogP contribution is -2.34. The highest BCUT2D eigenvalue weighted by Gasteiger charge is 2.15. The maximum absolute atomic E-state index is 4.06. The zero-order chi connectivity index (χ0) is 12.1. The minimum Gasteiger partial charge on any atom is -0.381 e. The van der Waals surface area contributed by atoms with Crippen LogP contribution in [0.4, 0.5) is 0 Å². The number of hydrogen-bond donors (Lipinski definition) is 0. The van der Waals surface area contributed by atoms with E-state index in [2.05, 4.69) is 58.2 Å². The van der Waals surface area contributed by atoms with Crippen molar-refractivity contribution in [2.75, 3.05) is 33.7 Å². The molecule has 0 atom stereocenters. The second-order valence-electron chi connectivity index (χ2n) is 5.64. The summed E-state index contributed by atoms with van der Waals surface area (Å²) < 4.78 is 0. The van der Waals surface area contributed by atoms with Gasteiger partial charge in [0.15, 0.2) is 0 Å². The summed E-state index contributed by atoms with van der Waals surface area (Å²) in [7, 11) is 4.12. The Hall–Kier alpha value is -0.500. The van der Waals surface area contributed by atoms with Crippen LogP contribution in [0.15, 0.2) is 12.3 Å². The fourth-order valence-electron chi connectivity index (χ4n) is 1.53. The van der Waals surface area contributed by atoms with Crippen molar-refractivity contribution in [2.24, 2.45) is 5.41 Å².